The molecule has 1 aromatic carbocycles. The highest BCUT2D eigenvalue weighted by Crippen LogP contribution is 2.42. The third-order valence-corrected chi connectivity index (χ3v) is 6.68. The summed E-state index contributed by atoms with van der Waals surface area (Å²) in [6.45, 7) is 0.392. The average Bonchev–Trinajstić information content (AvgIpc) is 3.21. The number of primary amides is 1. The van der Waals surface area contributed by atoms with Gasteiger partial charge in [-0.3, -0.25) is 14.6 Å². The predicted molar refractivity (Wildman–Crippen MR) is 121 cm³/mol. The van der Waals surface area contributed by atoms with Gasteiger partial charge in [0, 0.05) is 47.4 Å². The van der Waals surface area contributed by atoms with Gasteiger partial charge in [0.1, 0.15) is 0 Å². The van der Waals surface area contributed by atoms with E-state index in [9.17, 15) is 9.59 Å². The maximum atomic E-state index is 12.7. The Morgan fingerprint density at radius 1 is 1.16 bits per heavy atom. The standard InChI is InChI=1S/C25H30N4O2/c26-24(31)20-10-3-5-14-25(20,22-12-4-6-15-27-22)17-29-23(30)13-7-8-18-16-28-21-11-2-1-9-19(18)21/h1-2,4,6,9,11-12,15-16,20,28H,3,5,7-8,10,13-14,17H2,(H2,26,31)(H,29,30)/t20?,25-/m1/s1. The Kier molecular flexibility index (Phi) is 6.35. The van der Waals surface area contributed by atoms with Crippen LogP contribution in [0.5, 0.6) is 0 Å². The number of amides is 2. The number of carbonyl (C=O) groups is 2. The lowest BCUT2D eigenvalue weighted by atomic mass is 9.63. The van der Waals surface area contributed by atoms with Crippen molar-refractivity contribution in [2.24, 2.45) is 11.7 Å². The number of carbonyl (C=O) groups excluding carboxylic acids is 2. The van der Waals surface area contributed by atoms with Crippen molar-refractivity contribution in [3.63, 3.8) is 0 Å². The van der Waals surface area contributed by atoms with E-state index >= 15 is 0 Å². The number of benzene rings is 1. The number of rotatable bonds is 8. The number of nitrogens with zero attached hydrogens (tertiary/aromatic N) is 1. The molecule has 0 aliphatic heterocycles. The van der Waals surface area contributed by atoms with Gasteiger partial charge in [-0.25, -0.2) is 0 Å². The minimum absolute atomic E-state index is 0.00365. The number of hydrogen-bond acceptors (Lipinski definition) is 3. The van der Waals surface area contributed by atoms with Gasteiger partial charge in [-0.15, -0.1) is 0 Å². The van der Waals surface area contributed by atoms with E-state index in [2.05, 4.69) is 27.4 Å². The summed E-state index contributed by atoms with van der Waals surface area (Å²) in [6.07, 6.45) is 9.33. The monoisotopic (exact) mass is 418 g/mol. The molecule has 4 N–H and O–H groups in total. The molecule has 2 aromatic heterocycles. The minimum atomic E-state index is -0.530. The molecule has 4 rings (SSSR count). The van der Waals surface area contributed by atoms with E-state index in [1.807, 2.05) is 36.5 Å². The lowest BCUT2D eigenvalue weighted by Crippen LogP contribution is -2.52. The zero-order valence-corrected chi connectivity index (χ0v) is 17.8. The number of hydrogen-bond donors (Lipinski definition) is 3. The molecule has 162 valence electrons. The summed E-state index contributed by atoms with van der Waals surface area (Å²) in [5, 5.41) is 4.31. The fourth-order valence-electron chi connectivity index (χ4n) is 5.04. The van der Waals surface area contributed by atoms with E-state index in [1.165, 1.54) is 10.9 Å². The van der Waals surface area contributed by atoms with Crippen molar-refractivity contribution >= 4 is 22.7 Å². The Bertz CT molecular complexity index is 1050. The van der Waals surface area contributed by atoms with Crippen molar-refractivity contribution in [3.05, 3.63) is 66.1 Å². The van der Waals surface area contributed by atoms with Gasteiger partial charge in [-0.1, -0.05) is 37.1 Å². The second-order valence-corrected chi connectivity index (χ2v) is 8.56. The average molecular weight is 419 g/mol. The summed E-state index contributed by atoms with van der Waals surface area (Å²) in [4.78, 5) is 32.8. The first-order chi connectivity index (χ1) is 15.1. The van der Waals surface area contributed by atoms with Crippen molar-refractivity contribution in [1.82, 2.24) is 15.3 Å². The van der Waals surface area contributed by atoms with E-state index in [0.29, 0.717) is 13.0 Å². The largest absolute Gasteiger partial charge is 0.369 e. The molecule has 0 saturated heterocycles. The van der Waals surface area contributed by atoms with E-state index < -0.39 is 5.41 Å². The molecule has 1 fully saturated rings. The minimum Gasteiger partial charge on any atom is -0.369 e. The third-order valence-electron chi connectivity index (χ3n) is 6.68. The number of nitrogens with one attached hydrogen (secondary N) is 2. The van der Waals surface area contributed by atoms with Gasteiger partial charge in [0.25, 0.3) is 0 Å². The number of fused-ring (bicyclic) bond motifs is 1. The SMILES string of the molecule is NC(=O)C1CCCC[C@]1(CNC(=O)CCCc1c[nH]c2ccccc12)c1ccccn1. The van der Waals surface area contributed by atoms with Crippen molar-refractivity contribution in [2.45, 2.75) is 50.4 Å². The van der Waals surface area contributed by atoms with Crippen molar-refractivity contribution in [2.75, 3.05) is 6.54 Å². The third kappa shape index (κ3) is 4.48. The van der Waals surface area contributed by atoms with Crippen LogP contribution in [0.3, 0.4) is 0 Å². The van der Waals surface area contributed by atoms with E-state index in [0.717, 1.165) is 49.7 Å². The molecule has 6 nitrogen and oxygen atoms in total. The van der Waals surface area contributed by atoms with Crippen molar-refractivity contribution in [3.8, 4) is 0 Å². The highest BCUT2D eigenvalue weighted by atomic mass is 16.2. The highest BCUT2D eigenvalue weighted by Gasteiger charge is 2.46. The first kappa shape index (κ1) is 21.1. The smallest absolute Gasteiger partial charge is 0.221 e. The summed E-state index contributed by atoms with van der Waals surface area (Å²) in [5.41, 5.74) is 8.45. The molecule has 1 unspecified atom stereocenters. The summed E-state index contributed by atoms with van der Waals surface area (Å²) >= 11 is 0. The number of aromatic amines is 1. The Morgan fingerprint density at radius 3 is 2.81 bits per heavy atom. The molecule has 0 spiro atoms. The molecule has 1 aliphatic carbocycles. The van der Waals surface area contributed by atoms with Crippen LogP contribution >= 0.6 is 0 Å². The van der Waals surface area contributed by atoms with Gasteiger partial charge in [0.05, 0.1) is 5.92 Å². The number of nitrogens with two attached hydrogens (primary N) is 1. The molecule has 31 heavy (non-hydrogen) atoms. The van der Waals surface area contributed by atoms with Crippen LogP contribution in [0.15, 0.2) is 54.9 Å². The number of aryl methyl sites for hydroxylation is 1. The maximum absolute atomic E-state index is 12.7. The first-order valence-corrected chi connectivity index (χ1v) is 11.1. The van der Waals surface area contributed by atoms with Gasteiger partial charge in [0.2, 0.25) is 11.8 Å². The van der Waals surface area contributed by atoms with Crippen LogP contribution in [-0.2, 0) is 21.4 Å². The second-order valence-electron chi connectivity index (χ2n) is 8.56. The molecule has 6 heteroatoms. The first-order valence-electron chi connectivity index (χ1n) is 11.1. The number of pyridine rings is 1. The molecule has 1 aliphatic rings. The van der Waals surface area contributed by atoms with Crippen LogP contribution in [0.1, 0.15) is 49.8 Å². The Balaban J connectivity index is 1.40. The molecule has 0 radical (unpaired) electrons. The highest BCUT2D eigenvalue weighted by molar-refractivity contribution is 5.83. The van der Waals surface area contributed by atoms with Gasteiger partial charge in [0.15, 0.2) is 0 Å². The second kappa shape index (κ2) is 9.33. The van der Waals surface area contributed by atoms with Gasteiger partial charge in [-0.2, -0.15) is 0 Å². The molecule has 2 atom stereocenters. The van der Waals surface area contributed by atoms with Crippen LogP contribution in [-0.4, -0.2) is 28.3 Å². The van der Waals surface area contributed by atoms with Crippen LogP contribution < -0.4 is 11.1 Å². The van der Waals surface area contributed by atoms with E-state index in [1.54, 1.807) is 6.20 Å². The number of H-pyrrole nitrogens is 1. The molecule has 2 amide bonds. The Labute approximate surface area is 182 Å². The fourth-order valence-corrected chi connectivity index (χ4v) is 5.04. The summed E-state index contributed by atoms with van der Waals surface area (Å²) in [5.74, 6) is -0.620. The van der Waals surface area contributed by atoms with E-state index in [-0.39, 0.29) is 17.7 Å². The van der Waals surface area contributed by atoms with E-state index in [4.69, 9.17) is 5.73 Å². The summed E-state index contributed by atoms with van der Waals surface area (Å²) in [6, 6.07) is 13.9. The summed E-state index contributed by atoms with van der Waals surface area (Å²) < 4.78 is 0. The van der Waals surface area contributed by atoms with Gasteiger partial charge < -0.3 is 16.0 Å². The lowest BCUT2D eigenvalue weighted by molar-refractivity contribution is -0.127. The van der Waals surface area contributed by atoms with Gasteiger partial charge >= 0.3 is 0 Å². The molecule has 1 saturated carbocycles. The lowest BCUT2D eigenvalue weighted by Gasteiger charge is -2.42. The topological polar surface area (TPSA) is 101 Å². The molecule has 0 bridgehead atoms. The quantitative estimate of drug-likeness (QED) is 0.521. The zero-order chi connectivity index (χ0) is 21.7. The number of aromatic nitrogens is 2. The fraction of sp³-hybridized carbons (Fsp3) is 0.400. The number of para-hydroxylation sites is 1. The van der Waals surface area contributed by atoms with Crippen molar-refractivity contribution < 1.29 is 9.59 Å². The van der Waals surface area contributed by atoms with Crippen LogP contribution in [0, 0.1) is 5.92 Å². The molecule has 3 aromatic rings. The molecular formula is C25H30N4O2. The summed E-state index contributed by atoms with van der Waals surface area (Å²) in [7, 11) is 0. The Hall–Kier alpha value is -3.15. The molecule has 2 heterocycles. The normalized spacial score (nSPS) is 21.1. The van der Waals surface area contributed by atoms with Crippen LogP contribution in [0.4, 0.5) is 0 Å². The van der Waals surface area contributed by atoms with Crippen molar-refractivity contribution in [1.29, 1.82) is 0 Å². The maximum Gasteiger partial charge on any atom is 0.221 e. The van der Waals surface area contributed by atoms with Crippen LogP contribution in [0.25, 0.3) is 10.9 Å². The van der Waals surface area contributed by atoms with Gasteiger partial charge in [-0.05, 0) is 49.4 Å². The van der Waals surface area contributed by atoms with Crippen LogP contribution in [0.2, 0.25) is 0 Å². The zero-order valence-electron chi connectivity index (χ0n) is 17.8. The molecular weight excluding hydrogens is 388 g/mol. The predicted octanol–water partition coefficient (Wildman–Crippen LogP) is 3.62. The Morgan fingerprint density at radius 2 is 2.00 bits per heavy atom.